The van der Waals surface area contributed by atoms with E-state index >= 15 is 0 Å². The van der Waals surface area contributed by atoms with Gasteiger partial charge in [0.25, 0.3) is 0 Å². The molecule has 54 heavy (non-hydrogen) atoms. The van der Waals surface area contributed by atoms with E-state index in [4.69, 9.17) is 12.8 Å². The fraction of sp³-hybridized carbons (Fsp3) is 0.0870. The Bertz CT molecular complexity index is 2520. The van der Waals surface area contributed by atoms with Crippen molar-refractivity contribution in [3.05, 3.63) is 169 Å². The minimum atomic E-state index is -1.31. The molecule has 264 valence electrons. The number of rotatable bonds is 6. The van der Waals surface area contributed by atoms with Crippen molar-refractivity contribution in [1.29, 1.82) is 0 Å². The van der Waals surface area contributed by atoms with E-state index in [0.717, 1.165) is 55.8 Å². The fourth-order valence-electron chi connectivity index (χ4n) is 6.04. The largest absolute Gasteiger partial charge is 0.374 e. The first kappa shape index (κ1) is 35.6. The highest BCUT2D eigenvalue weighted by atomic mass is 19.1. The minimum absolute atomic E-state index is 0.271. The van der Waals surface area contributed by atoms with Crippen LogP contribution in [0.1, 0.15) is 25.0 Å². The molecule has 0 amide bonds. The lowest BCUT2D eigenvalue weighted by Gasteiger charge is -2.17. The van der Waals surface area contributed by atoms with Gasteiger partial charge in [-0.15, -0.1) is 12.8 Å². The normalized spacial score (nSPS) is 13.3. The molecule has 0 saturated heterocycles. The predicted octanol–water partition coefficient (Wildman–Crippen LogP) is 9.30. The van der Waals surface area contributed by atoms with Gasteiger partial charge >= 0.3 is 0 Å². The molecule has 8 heteroatoms. The molecule has 0 fully saturated rings. The zero-order chi connectivity index (χ0) is 38.0. The van der Waals surface area contributed by atoms with Gasteiger partial charge in [0.05, 0.1) is 22.4 Å². The van der Waals surface area contributed by atoms with E-state index in [1.54, 1.807) is 47.1 Å². The number of nitrogens with zero attached hydrogens (tertiary/aromatic N) is 4. The third-order valence-electron chi connectivity index (χ3n) is 9.28. The lowest BCUT2D eigenvalue weighted by Crippen LogP contribution is -2.17. The fourth-order valence-corrected chi connectivity index (χ4v) is 6.04. The van der Waals surface area contributed by atoms with E-state index < -0.39 is 11.2 Å². The van der Waals surface area contributed by atoms with Gasteiger partial charge in [-0.2, -0.15) is 10.2 Å². The van der Waals surface area contributed by atoms with Crippen LogP contribution in [0.2, 0.25) is 0 Å². The lowest BCUT2D eigenvalue weighted by molar-refractivity contribution is 0.122. The number of pyridine rings is 2. The van der Waals surface area contributed by atoms with Gasteiger partial charge in [-0.3, -0.25) is 0 Å². The maximum Gasteiger partial charge on any atom is 0.147 e. The first-order valence-corrected chi connectivity index (χ1v) is 17.1. The summed E-state index contributed by atoms with van der Waals surface area (Å²) in [5.74, 6) is 4.27. The predicted molar refractivity (Wildman–Crippen MR) is 209 cm³/mol. The highest BCUT2D eigenvalue weighted by molar-refractivity contribution is 5.74. The minimum Gasteiger partial charge on any atom is -0.374 e. The number of aliphatic hydroxyl groups is 2. The van der Waals surface area contributed by atoms with E-state index in [0.29, 0.717) is 11.1 Å². The molecular formula is C46H34F2N4O2. The summed E-state index contributed by atoms with van der Waals surface area (Å²) >= 11 is 0. The second-order valence-electron chi connectivity index (χ2n) is 13.2. The molecule has 0 aliphatic carbocycles. The SMILES string of the molecule is C#CC(C)(O)c1cccc(-c2ccn3nc(-c4ccc(F)cc4)cc3c2)c1.C#CC(C)(O)c1cccc(-c2ccn3nc(-c4ccc(F)cc4)cc3c2)c1. The van der Waals surface area contributed by atoms with Crippen molar-refractivity contribution in [3.8, 4) is 69.5 Å². The van der Waals surface area contributed by atoms with E-state index in [2.05, 4.69) is 22.0 Å². The van der Waals surface area contributed by atoms with Crippen molar-refractivity contribution in [2.45, 2.75) is 25.0 Å². The second-order valence-corrected chi connectivity index (χ2v) is 13.2. The van der Waals surface area contributed by atoms with Gasteiger partial charge in [0.15, 0.2) is 0 Å². The van der Waals surface area contributed by atoms with Crippen LogP contribution in [-0.2, 0) is 11.2 Å². The van der Waals surface area contributed by atoms with Crippen LogP contribution in [0.4, 0.5) is 8.78 Å². The first-order chi connectivity index (χ1) is 25.9. The summed E-state index contributed by atoms with van der Waals surface area (Å²) in [6.45, 7) is 3.20. The van der Waals surface area contributed by atoms with Crippen LogP contribution in [0.5, 0.6) is 0 Å². The van der Waals surface area contributed by atoms with Gasteiger partial charge in [0.1, 0.15) is 22.8 Å². The van der Waals surface area contributed by atoms with Gasteiger partial charge < -0.3 is 10.2 Å². The number of benzene rings is 4. The number of halogens is 2. The van der Waals surface area contributed by atoms with Crippen LogP contribution < -0.4 is 0 Å². The molecule has 6 nitrogen and oxygen atoms in total. The average molecular weight is 713 g/mol. The molecule has 0 aliphatic rings. The van der Waals surface area contributed by atoms with Gasteiger partial charge in [-0.05, 0) is 144 Å². The Morgan fingerprint density at radius 1 is 0.500 bits per heavy atom. The van der Waals surface area contributed by atoms with Crippen LogP contribution in [0.15, 0.2) is 146 Å². The molecule has 8 aromatic rings. The van der Waals surface area contributed by atoms with E-state index in [-0.39, 0.29) is 11.6 Å². The highest BCUT2D eigenvalue weighted by Gasteiger charge is 2.21. The number of terminal acetylenes is 2. The van der Waals surface area contributed by atoms with E-state index in [9.17, 15) is 19.0 Å². The second kappa shape index (κ2) is 14.3. The molecule has 0 bridgehead atoms. The van der Waals surface area contributed by atoms with Gasteiger partial charge in [-0.25, -0.2) is 17.8 Å². The Balaban J connectivity index is 0.000000167. The summed E-state index contributed by atoms with van der Waals surface area (Å²) in [5, 5.41) is 29.7. The molecule has 4 aromatic heterocycles. The molecule has 0 saturated carbocycles. The third-order valence-corrected chi connectivity index (χ3v) is 9.28. The Labute approximate surface area is 311 Å². The van der Waals surface area contributed by atoms with Crippen molar-refractivity contribution in [3.63, 3.8) is 0 Å². The summed E-state index contributed by atoms with van der Waals surface area (Å²) in [6.07, 6.45) is 14.6. The molecular weight excluding hydrogens is 679 g/mol. The van der Waals surface area contributed by atoms with E-state index in [1.165, 1.54) is 24.3 Å². The first-order valence-electron chi connectivity index (χ1n) is 17.1. The summed E-state index contributed by atoms with van der Waals surface area (Å²) in [5.41, 5.74) is 7.69. The van der Waals surface area contributed by atoms with E-state index in [1.807, 2.05) is 97.3 Å². The van der Waals surface area contributed by atoms with Crippen molar-refractivity contribution in [2.24, 2.45) is 0 Å². The molecule has 0 radical (unpaired) electrons. The summed E-state index contributed by atoms with van der Waals surface area (Å²) < 4.78 is 29.8. The van der Waals surface area contributed by atoms with Gasteiger partial charge in [0, 0.05) is 23.5 Å². The van der Waals surface area contributed by atoms with Crippen molar-refractivity contribution in [1.82, 2.24) is 19.2 Å². The molecule has 0 aliphatic heterocycles. The van der Waals surface area contributed by atoms with Crippen molar-refractivity contribution >= 4 is 11.0 Å². The molecule has 2 N–H and O–H groups in total. The lowest BCUT2D eigenvalue weighted by atomic mass is 9.93. The van der Waals surface area contributed by atoms with Crippen LogP contribution >= 0.6 is 0 Å². The molecule has 8 rings (SSSR count). The Hall–Kier alpha value is -6.84. The van der Waals surface area contributed by atoms with Crippen molar-refractivity contribution < 1.29 is 19.0 Å². The molecule has 2 atom stereocenters. The quantitative estimate of drug-likeness (QED) is 0.169. The summed E-state index contributed by atoms with van der Waals surface area (Å²) in [6, 6.07) is 39.5. The van der Waals surface area contributed by atoms with Gasteiger partial charge in [-0.1, -0.05) is 48.2 Å². The topological polar surface area (TPSA) is 75.1 Å². The van der Waals surface area contributed by atoms with Crippen LogP contribution in [0.25, 0.3) is 55.8 Å². The Kier molecular flexibility index (Phi) is 9.41. The standard InChI is InChI=1S/2C23H17FN2O/c2*1-3-23(2,27)19-6-4-5-17(13-19)18-11-12-26-21(14-18)15-22(25-26)16-7-9-20(24)10-8-16/h2*1,4-15,27H,2H3. The number of hydrogen-bond acceptors (Lipinski definition) is 4. The van der Waals surface area contributed by atoms with Gasteiger partial charge in [0.2, 0.25) is 0 Å². The summed E-state index contributed by atoms with van der Waals surface area (Å²) in [7, 11) is 0. The highest BCUT2D eigenvalue weighted by Crippen LogP contribution is 2.30. The van der Waals surface area contributed by atoms with Crippen LogP contribution in [0.3, 0.4) is 0 Å². The number of hydrogen-bond donors (Lipinski definition) is 2. The molecule has 0 spiro atoms. The smallest absolute Gasteiger partial charge is 0.147 e. The monoisotopic (exact) mass is 712 g/mol. The Morgan fingerprint density at radius 3 is 1.24 bits per heavy atom. The zero-order valence-electron chi connectivity index (χ0n) is 29.5. The molecule has 4 aromatic carbocycles. The number of fused-ring (bicyclic) bond motifs is 2. The molecule has 2 unspecified atom stereocenters. The molecule has 4 heterocycles. The Morgan fingerprint density at radius 2 is 0.870 bits per heavy atom. The van der Waals surface area contributed by atoms with Crippen LogP contribution in [0, 0.1) is 36.3 Å². The maximum atomic E-state index is 13.1. The summed E-state index contributed by atoms with van der Waals surface area (Å²) in [4.78, 5) is 0. The number of aromatic nitrogens is 4. The van der Waals surface area contributed by atoms with Crippen LogP contribution in [-0.4, -0.2) is 29.4 Å². The third kappa shape index (κ3) is 7.39. The maximum absolute atomic E-state index is 13.1. The zero-order valence-corrected chi connectivity index (χ0v) is 29.5. The average Bonchev–Trinajstić information content (AvgIpc) is 3.83. The van der Waals surface area contributed by atoms with Crippen molar-refractivity contribution in [2.75, 3.05) is 0 Å².